The highest BCUT2D eigenvalue weighted by Crippen LogP contribution is 2.25. The van der Waals surface area contributed by atoms with Crippen LogP contribution in [0.3, 0.4) is 0 Å². The highest BCUT2D eigenvalue weighted by molar-refractivity contribution is 5.68. The highest BCUT2D eigenvalue weighted by atomic mass is 19.1. The Hall–Kier alpha value is -1.62. The van der Waals surface area contributed by atoms with Gasteiger partial charge in [0.25, 0.3) is 0 Å². The number of carboxylic acids is 1. The second-order valence-electron chi connectivity index (χ2n) is 3.36. The van der Waals surface area contributed by atoms with Crippen LogP contribution in [0.1, 0.15) is 23.6 Å². The molecule has 82 valence electrons. The van der Waals surface area contributed by atoms with Crippen molar-refractivity contribution in [2.75, 3.05) is 0 Å². The number of benzene rings is 1. The van der Waals surface area contributed by atoms with Crippen molar-refractivity contribution >= 4 is 5.97 Å². The first kappa shape index (κ1) is 11.5. The summed E-state index contributed by atoms with van der Waals surface area (Å²) in [5.74, 6) is -1.80. The smallest absolute Gasteiger partial charge is 0.305 e. The maximum absolute atomic E-state index is 13.3. The van der Waals surface area contributed by atoms with Gasteiger partial charge in [-0.25, -0.2) is 4.39 Å². The molecule has 0 radical (unpaired) electrons. The van der Waals surface area contributed by atoms with E-state index < -0.39 is 17.8 Å². The van der Waals surface area contributed by atoms with E-state index in [0.717, 1.165) is 12.1 Å². The fraction of sp³-hybridized carbons (Fsp3) is 0.300. The summed E-state index contributed by atoms with van der Waals surface area (Å²) in [7, 11) is 0. The third-order valence-corrected chi connectivity index (χ3v) is 2.11. The molecule has 5 heteroatoms. The Bertz CT molecular complexity index is 392. The average Bonchev–Trinajstić information content (AvgIpc) is 2.09. The fourth-order valence-electron chi connectivity index (χ4n) is 1.26. The van der Waals surface area contributed by atoms with Crippen molar-refractivity contribution in [3.63, 3.8) is 0 Å². The lowest BCUT2D eigenvalue weighted by molar-refractivity contribution is -0.137. The van der Waals surface area contributed by atoms with Gasteiger partial charge in [0.2, 0.25) is 0 Å². The Balaban J connectivity index is 3.03. The van der Waals surface area contributed by atoms with Gasteiger partial charge in [0, 0.05) is 11.6 Å². The molecule has 1 atom stereocenters. The largest absolute Gasteiger partial charge is 0.508 e. The molecule has 0 aliphatic heterocycles. The summed E-state index contributed by atoms with van der Waals surface area (Å²) in [6, 6.07) is 1.35. The van der Waals surface area contributed by atoms with Gasteiger partial charge in [0.1, 0.15) is 11.6 Å². The lowest BCUT2D eigenvalue weighted by Gasteiger charge is -2.12. The molecular formula is C10H12FNO3. The van der Waals surface area contributed by atoms with Crippen LogP contribution in [0.5, 0.6) is 5.75 Å². The number of carbonyl (C=O) groups is 1. The molecule has 0 aliphatic carbocycles. The van der Waals surface area contributed by atoms with Crippen LogP contribution < -0.4 is 5.73 Å². The molecule has 1 aromatic rings. The Kier molecular flexibility index (Phi) is 3.26. The van der Waals surface area contributed by atoms with Crippen LogP contribution >= 0.6 is 0 Å². The van der Waals surface area contributed by atoms with E-state index in [2.05, 4.69) is 0 Å². The number of hydrogen-bond donors (Lipinski definition) is 3. The van der Waals surface area contributed by atoms with Gasteiger partial charge in [-0.05, 0) is 24.6 Å². The van der Waals surface area contributed by atoms with Crippen LogP contribution in [-0.4, -0.2) is 16.2 Å². The van der Waals surface area contributed by atoms with Gasteiger partial charge in [-0.15, -0.1) is 0 Å². The van der Waals surface area contributed by atoms with E-state index in [9.17, 15) is 14.3 Å². The van der Waals surface area contributed by atoms with Crippen LogP contribution in [0.4, 0.5) is 4.39 Å². The SMILES string of the molecule is Cc1cc(F)c(C(N)CC(=O)O)cc1O. The van der Waals surface area contributed by atoms with Gasteiger partial charge in [0.15, 0.2) is 0 Å². The minimum absolute atomic E-state index is 0.0144. The molecule has 0 heterocycles. The monoisotopic (exact) mass is 213 g/mol. The maximum Gasteiger partial charge on any atom is 0.305 e. The number of carboxylic acid groups (broad SMARTS) is 1. The molecule has 0 aliphatic rings. The topological polar surface area (TPSA) is 83.6 Å². The number of hydrogen-bond acceptors (Lipinski definition) is 3. The zero-order valence-electron chi connectivity index (χ0n) is 8.20. The lowest BCUT2D eigenvalue weighted by atomic mass is 10.0. The molecule has 0 bridgehead atoms. The van der Waals surface area contributed by atoms with Crippen molar-refractivity contribution in [2.45, 2.75) is 19.4 Å². The van der Waals surface area contributed by atoms with Crippen molar-refractivity contribution in [2.24, 2.45) is 5.73 Å². The summed E-state index contributed by atoms with van der Waals surface area (Å²) in [5.41, 5.74) is 5.89. The Labute approximate surface area is 86.1 Å². The Morgan fingerprint density at radius 1 is 1.60 bits per heavy atom. The lowest BCUT2D eigenvalue weighted by Crippen LogP contribution is -2.16. The van der Waals surface area contributed by atoms with Crippen molar-refractivity contribution < 1.29 is 19.4 Å². The predicted molar refractivity (Wildman–Crippen MR) is 52.0 cm³/mol. The summed E-state index contributed by atoms with van der Waals surface area (Å²) in [6.45, 7) is 1.55. The van der Waals surface area contributed by atoms with Crippen LogP contribution in [0.15, 0.2) is 12.1 Å². The molecular weight excluding hydrogens is 201 g/mol. The van der Waals surface area contributed by atoms with Gasteiger partial charge < -0.3 is 15.9 Å². The second-order valence-corrected chi connectivity index (χ2v) is 3.36. The van der Waals surface area contributed by atoms with Crippen molar-refractivity contribution in [1.29, 1.82) is 0 Å². The van der Waals surface area contributed by atoms with Crippen LogP contribution in [0, 0.1) is 12.7 Å². The number of aliphatic carboxylic acids is 1. The molecule has 1 unspecified atom stereocenters. The third kappa shape index (κ3) is 2.66. The molecule has 0 saturated heterocycles. The number of rotatable bonds is 3. The zero-order chi connectivity index (χ0) is 11.6. The molecule has 15 heavy (non-hydrogen) atoms. The van der Waals surface area contributed by atoms with Crippen molar-refractivity contribution in [3.8, 4) is 5.75 Å². The van der Waals surface area contributed by atoms with Crippen molar-refractivity contribution in [1.82, 2.24) is 0 Å². The van der Waals surface area contributed by atoms with E-state index in [1.165, 1.54) is 0 Å². The van der Waals surface area contributed by atoms with E-state index in [4.69, 9.17) is 10.8 Å². The fourth-order valence-corrected chi connectivity index (χ4v) is 1.26. The summed E-state index contributed by atoms with van der Waals surface area (Å²) in [6.07, 6.45) is -0.376. The van der Waals surface area contributed by atoms with Crippen LogP contribution in [0.2, 0.25) is 0 Å². The molecule has 0 aromatic heterocycles. The minimum Gasteiger partial charge on any atom is -0.508 e. The van der Waals surface area contributed by atoms with E-state index in [-0.39, 0.29) is 17.7 Å². The van der Waals surface area contributed by atoms with Crippen LogP contribution in [0.25, 0.3) is 0 Å². The predicted octanol–water partition coefficient (Wildman–Crippen LogP) is 1.31. The molecule has 0 amide bonds. The Morgan fingerprint density at radius 2 is 2.20 bits per heavy atom. The van der Waals surface area contributed by atoms with Gasteiger partial charge >= 0.3 is 5.97 Å². The first-order valence-corrected chi connectivity index (χ1v) is 4.38. The van der Waals surface area contributed by atoms with Crippen molar-refractivity contribution in [3.05, 3.63) is 29.1 Å². The summed E-state index contributed by atoms with van der Waals surface area (Å²) < 4.78 is 13.3. The minimum atomic E-state index is -1.11. The molecule has 1 aromatic carbocycles. The molecule has 1 rings (SSSR count). The molecule has 0 spiro atoms. The standard InChI is InChI=1S/C10H12FNO3/c1-5-2-7(11)6(3-9(5)13)8(12)4-10(14)15/h2-3,8,13H,4,12H2,1H3,(H,14,15). The van der Waals surface area contributed by atoms with E-state index in [1.54, 1.807) is 6.92 Å². The number of nitrogens with two attached hydrogens (primary N) is 1. The number of phenols is 1. The first-order valence-electron chi connectivity index (χ1n) is 4.38. The third-order valence-electron chi connectivity index (χ3n) is 2.11. The first-order chi connectivity index (χ1) is 6.91. The average molecular weight is 213 g/mol. The Morgan fingerprint density at radius 3 is 2.73 bits per heavy atom. The maximum atomic E-state index is 13.3. The molecule has 4 nitrogen and oxygen atoms in total. The molecule has 0 fully saturated rings. The van der Waals surface area contributed by atoms with E-state index in [1.807, 2.05) is 0 Å². The quantitative estimate of drug-likeness (QED) is 0.706. The van der Waals surface area contributed by atoms with Crippen LogP contribution in [-0.2, 0) is 4.79 Å². The zero-order valence-corrected chi connectivity index (χ0v) is 8.20. The number of halogens is 1. The normalized spacial score (nSPS) is 12.5. The molecule has 0 saturated carbocycles. The number of phenolic OH excluding ortho intramolecular Hbond substituents is 1. The summed E-state index contributed by atoms with van der Waals surface area (Å²) >= 11 is 0. The van der Waals surface area contributed by atoms with Gasteiger partial charge in [-0.3, -0.25) is 4.79 Å². The van der Waals surface area contributed by atoms with Gasteiger partial charge in [0.05, 0.1) is 6.42 Å². The summed E-state index contributed by atoms with van der Waals surface area (Å²) in [4.78, 5) is 10.4. The number of aryl methyl sites for hydroxylation is 1. The second kappa shape index (κ2) is 4.27. The van der Waals surface area contributed by atoms with Gasteiger partial charge in [-0.2, -0.15) is 0 Å². The number of aromatic hydroxyl groups is 1. The van der Waals surface area contributed by atoms with E-state index in [0.29, 0.717) is 5.56 Å². The molecule has 4 N–H and O–H groups in total. The highest BCUT2D eigenvalue weighted by Gasteiger charge is 2.16. The van der Waals surface area contributed by atoms with E-state index >= 15 is 0 Å². The summed E-state index contributed by atoms with van der Waals surface area (Å²) in [5, 5.41) is 17.8. The van der Waals surface area contributed by atoms with Gasteiger partial charge in [-0.1, -0.05) is 0 Å².